The maximum atomic E-state index is 13.8. The highest BCUT2D eigenvalue weighted by molar-refractivity contribution is 5.84. The normalized spacial score (nSPS) is 18.7. The van der Waals surface area contributed by atoms with Crippen LogP contribution in [0.4, 0.5) is 17.6 Å². The third-order valence-corrected chi connectivity index (χ3v) is 7.98. The van der Waals surface area contributed by atoms with Crippen LogP contribution in [0.2, 0.25) is 0 Å². The van der Waals surface area contributed by atoms with Crippen molar-refractivity contribution in [2.24, 2.45) is 0 Å². The van der Waals surface area contributed by atoms with Gasteiger partial charge in [0.25, 0.3) is 0 Å². The summed E-state index contributed by atoms with van der Waals surface area (Å²) in [7, 11) is 0. The molecule has 1 atom stereocenters. The number of hydrogen-bond donors (Lipinski definition) is 1. The van der Waals surface area contributed by atoms with E-state index < -0.39 is 23.1 Å². The minimum absolute atomic E-state index is 0.241. The van der Waals surface area contributed by atoms with Crippen LogP contribution in [-0.4, -0.2) is 29.1 Å². The van der Waals surface area contributed by atoms with Crippen LogP contribution in [-0.2, 0) is 16.4 Å². The molecule has 2 aliphatic rings. The van der Waals surface area contributed by atoms with E-state index in [-0.39, 0.29) is 11.9 Å². The Hall–Kier alpha value is -3.19. The van der Waals surface area contributed by atoms with E-state index in [9.17, 15) is 27.5 Å². The molecule has 0 amide bonds. The molecule has 37 heavy (non-hydrogen) atoms. The third kappa shape index (κ3) is 4.89. The first-order valence-corrected chi connectivity index (χ1v) is 12.7. The molecule has 7 heteroatoms. The molecule has 1 saturated carbocycles. The molecule has 2 fully saturated rings. The molecule has 0 radical (unpaired) electrons. The number of alkyl halides is 3. The van der Waals surface area contributed by atoms with Gasteiger partial charge in [-0.2, -0.15) is 13.2 Å². The Morgan fingerprint density at radius 1 is 0.865 bits per heavy atom. The van der Waals surface area contributed by atoms with E-state index in [0.29, 0.717) is 29.5 Å². The number of halogens is 4. The van der Waals surface area contributed by atoms with Crippen molar-refractivity contribution in [3.05, 3.63) is 94.8 Å². The van der Waals surface area contributed by atoms with E-state index in [1.165, 1.54) is 24.3 Å². The van der Waals surface area contributed by atoms with Crippen molar-refractivity contribution in [3.63, 3.8) is 0 Å². The topological polar surface area (TPSA) is 40.5 Å². The van der Waals surface area contributed by atoms with Crippen LogP contribution in [0, 0.1) is 5.82 Å². The lowest BCUT2D eigenvalue weighted by Gasteiger charge is -2.40. The van der Waals surface area contributed by atoms with Crippen LogP contribution >= 0.6 is 0 Å². The van der Waals surface area contributed by atoms with Crippen molar-refractivity contribution in [2.45, 2.75) is 56.2 Å². The largest absolute Gasteiger partial charge is 0.481 e. The zero-order chi connectivity index (χ0) is 26.2. The second kappa shape index (κ2) is 9.93. The van der Waals surface area contributed by atoms with Crippen LogP contribution in [0.5, 0.6) is 0 Å². The lowest BCUT2D eigenvalue weighted by Crippen LogP contribution is -2.42. The maximum Gasteiger partial charge on any atom is 0.416 e. The van der Waals surface area contributed by atoms with Crippen molar-refractivity contribution in [1.82, 2.24) is 4.90 Å². The highest BCUT2D eigenvalue weighted by Crippen LogP contribution is 2.47. The number of aliphatic carboxylic acids is 1. The van der Waals surface area contributed by atoms with Gasteiger partial charge in [-0.3, -0.25) is 9.69 Å². The van der Waals surface area contributed by atoms with E-state index >= 15 is 0 Å². The van der Waals surface area contributed by atoms with Gasteiger partial charge in [0.1, 0.15) is 5.82 Å². The number of hydrogen-bond acceptors (Lipinski definition) is 2. The quantitative estimate of drug-likeness (QED) is 0.347. The molecule has 5 rings (SSSR count). The predicted molar refractivity (Wildman–Crippen MR) is 134 cm³/mol. The highest BCUT2D eigenvalue weighted by atomic mass is 19.4. The van der Waals surface area contributed by atoms with Crippen LogP contribution in [0.25, 0.3) is 11.1 Å². The van der Waals surface area contributed by atoms with Gasteiger partial charge in [-0.15, -0.1) is 0 Å². The summed E-state index contributed by atoms with van der Waals surface area (Å²) >= 11 is 0. The Kier molecular flexibility index (Phi) is 6.84. The van der Waals surface area contributed by atoms with E-state index in [0.717, 1.165) is 62.0 Å². The van der Waals surface area contributed by atoms with Gasteiger partial charge in [0.05, 0.1) is 17.0 Å². The van der Waals surface area contributed by atoms with Gasteiger partial charge in [-0.1, -0.05) is 49.2 Å². The number of nitrogens with zero attached hydrogens (tertiary/aromatic N) is 1. The first-order chi connectivity index (χ1) is 17.7. The van der Waals surface area contributed by atoms with Crippen molar-refractivity contribution in [2.75, 3.05) is 13.1 Å². The van der Waals surface area contributed by atoms with E-state index in [2.05, 4.69) is 4.90 Å². The number of carboxylic acids is 1. The second-order valence-electron chi connectivity index (χ2n) is 10.2. The van der Waals surface area contributed by atoms with Gasteiger partial charge in [0, 0.05) is 0 Å². The fourth-order valence-electron chi connectivity index (χ4n) is 5.75. The Morgan fingerprint density at radius 3 is 2.05 bits per heavy atom. The van der Waals surface area contributed by atoms with Gasteiger partial charge in [0.2, 0.25) is 0 Å². The smallest absolute Gasteiger partial charge is 0.416 e. The van der Waals surface area contributed by atoms with Crippen LogP contribution in [0.3, 0.4) is 0 Å². The molecule has 1 heterocycles. The Morgan fingerprint density at radius 2 is 1.51 bits per heavy atom. The molecule has 0 bridgehead atoms. The monoisotopic (exact) mass is 511 g/mol. The standard InChI is InChI=1S/C30H29F4NO2/c31-24-12-7-21(8-13-24)27(35-17-2-1-3-18-35)25-14-11-23(29(28(36)37)15-4-16-29)19-26(25)20-5-9-22(10-6-20)30(32,33)34/h5-14,19,27H,1-4,15-18H2,(H,36,37)/t27-/m1/s1. The van der Waals surface area contributed by atoms with Gasteiger partial charge in [0.15, 0.2) is 0 Å². The number of piperidine rings is 1. The molecule has 0 spiro atoms. The van der Waals surface area contributed by atoms with Crippen LogP contribution < -0.4 is 0 Å². The average molecular weight is 512 g/mol. The molecular weight excluding hydrogens is 482 g/mol. The van der Waals surface area contributed by atoms with Crippen molar-refractivity contribution in [3.8, 4) is 11.1 Å². The molecular formula is C30H29F4NO2. The molecule has 1 aliphatic carbocycles. The van der Waals surface area contributed by atoms with E-state index in [4.69, 9.17) is 0 Å². The minimum atomic E-state index is -4.45. The SMILES string of the molecule is O=C(O)C1(c2ccc([C@@H](c3ccc(F)cc3)N3CCCCC3)c(-c3ccc(C(F)(F)F)cc3)c2)CCC1. The number of benzene rings is 3. The number of rotatable bonds is 6. The maximum absolute atomic E-state index is 13.8. The van der Waals surface area contributed by atoms with Crippen molar-refractivity contribution >= 4 is 5.97 Å². The van der Waals surface area contributed by atoms with Gasteiger partial charge >= 0.3 is 12.1 Å². The highest BCUT2D eigenvalue weighted by Gasteiger charge is 2.46. The molecule has 1 aliphatic heterocycles. The molecule has 0 aromatic heterocycles. The Labute approximate surface area is 213 Å². The fourth-order valence-corrected chi connectivity index (χ4v) is 5.75. The zero-order valence-corrected chi connectivity index (χ0v) is 20.4. The fraction of sp³-hybridized carbons (Fsp3) is 0.367. The summed E-state index contributed by atoms with van der Waals surface area (Å²) in [6, 6.07) is 16.8. The first kappa shape index (κ1) is 25.5. The number of likely N-dealkylation sites (tertiary alicyclic amines) is 1. The van der Waals surface area contributed by atoms with Crippen molar-refractivity contribution < 1.29 is 27.5 Å². The Balaban J connectivity index is 1.69. The van der Waals surface area contributed by atoms with Crippen molar-refractivity contribution in [1.29, 1.82) is 0 Å². The summed E-state index contributed by atoms with van der Waals surface area (Å²) in [5, 5.41) is 10.0. The summed E-state index contributed by atoms with van der Waals surface area (Å²) in [5.41, 5.74) is 2.02. The van der Waals surface area contributed by atoms with Crippen LogP contribution in [0.15, 0.2) is 66.7 Å². The summed E-state index contributed by atoms with van der Waals surface area (Å²) in [6.45, 7) is 1.69. The zero-order valence-electron chi connectivity index (χ0n) is 20.4. The number of carbonyl (C=O) groups is 1. The van der Waals surface area contributed by atoms with Gasteiger partial charge < -0.3 is 5.11 Å². The summed E-state index contributed by atoms with van der Waals surface area (Å²) in [5.74, 6) is -1.22. The average Bonchev–Trinajstić information content (AvgIpc) is 2.85. The molecule has 0 unspecified atom stereocenters. The van der Waals surface area contributed by atoms with E-state index in [1.807, 2.05) is 18.2 Å². The number of carboxylic acid groups (broad SMARTS) is 1. The second-order valence-corrected chi connectivity index (χ2v) is 10.2. The summed E-state index contributed by atoms with van der Waals surface area (Å²) < 4.78 is 53.7. The Bertz CT molecular complexity index is 1260. The molecule has 1 N–H and O–H groups in total. The summed E-state index contributed by atoms with van der Waals surface area (Å²) in [6.07, 6.45) is 0.589. The first-order valence-electron chi connectivity index (χ1n) is 12.7. The lowest BCUT2D eigenvalue weighted by molar-refractivity contribution is -0.147. The van der Waals surface area contributed by atoms with Crippen LogP contribution in [0.1, 0.15) is 66.8 Å². The van der Waals surface area contributed by atoms with E-state index in [1.54, 1.807) is 12.1 Å². The molecule has 3 aromatic rings. The third-order valence-electron chi connectivity index (χ3n) is 7.98. The van der Waals surface area contributed by atoms with Gasteiger partial charge in [-0.25, -0.2) is 4.39 Å². The predicted octanol–water partition coefficient (Wildman–Crippen LogP) is 7.59. The lowest BCUT2D eigenvalue weighted by atomic mass is 9.64. The molecule has 3 aromatic carbocycles. The summed E-state index contributed by atoms with van der Waals surface area (Å²) in [4.78, 5) is 14.6. The minimum Gasteiger partial charge on any atom is -0.481 e. The molecule has 194 valence electrons. The van der Waals surface area contributed by atoms with Gasteiger partial charge in [-0.05, 0) is 96.9 Å². The molecule has 3 nitrogen and oxygen atoms in total. The molecule has 1 saturated heterocycles.